The summed E-state index contributed by atoms with van der Waals surface area (Å²) in [6.07, 6.45) is 2.60. The molecule has 0 radical (unpaired) electrons. The van der Waals surface area contributed by atoms with Crippen molar-refractivity contribution in [2.75, 3.05) is 12.4 Å². The minimum atomic E-state index is -0.707. The highest BCUT2D eigenvalue weighted by Gasteiger charge is 2.49. The molecule has 116 valence electrons. The number of carbonyl (C=O) groups is 1. The molecule has 1 aromatic rings. The van der Waals surface area contributed by atoms with Gasteiger partial charge in [0.05, 0.1) is 17.8 Å². The molecule has 1 aliphatic carbocycles. The van der Waals surface area contributed by atoms with Gasteiger partial charge in [-0.15, -0.1) is 0 Å². The Labute approximate surface area is 132 Å². The maximum atomic E-state index is 12.5. The minimum absolute atomic E-state index is 0.0834. The van der Waals surface area contributed by atoms with Crippen molar-refractivity contribution in [3.63, 3.8) is 0 Å². The molecule has 3 nitrogen and oxygen atoms in total. The number of anilines is 1. The van der Waals surface area contributed by atoms with Gasteiger partial charge >= 0.3 is 5.97 Å². The number of halogens is 1. The number of ether oxygens (including phenoxy) is 1. The summed E-state index contributed by atoms with van der Waals surface area (Å²) in [5.74, 6) is 0.241. The third-order valence-electron chi connectivity index (χ3n) is 4.20. The second kappa shape index (κ2) is 5.88. The molecule has 21 heavy (non-hydrogen) atoms. The summed E-state index contributed by atoms with van der Waals surface area (Å²) in [4.78, 5) is 12.5. The van der Waals surface area contributed by atoms with Gasteiger partial charge in [-0.2, -0.15) is 0 Å². The number of hydrogen-bond donors (Lipinski definition) is 1. The van der Waals surface area contributed by atoms with E-state index in [0.717, 1.165) is 24.9 Å². The highest BCUT2D eigenvalue weighted by atomic mass is 35.5. The van der Waals surface area contributed by atoms with Crippen LogP contribution >= 0.6 is 11.6 Å². The second-order valence-electron chi connectivity index (χ2n) is 7.03. The molecule has 0 aromatic heterocycles. The van der Waals surface area contributed by atoms with Crippen molar-refractivity contribution in [2.24, 2.45) is 11.3 Å². The van der Waals surface area contributed by atoms with E-state index in [1.807, 2.05) is 24.3 Å². The number of carbonyl (C=O) groups excluding carboxylic acids is 1. The Morgan fingerprint density at radius 2 is 2.00 bits per heavy atom. The number of methoxy groups -OCH3 is 1. The monoisotopic (exact) mass is 309 g/mol. The average molecular weight is 310 g/mol. The van der Waals surface area contributed by atoms with E-state index in [4.69, 9.17) is 16.3 Å². The number of benzene rings is 1. The van der Waals surface area contributed by atoms with Crippen LogP contribution in [-0.2, 0) is 9.53 Å². The average Bonchev–Trinajstić information content (AvgIpc) is 2.38. The van der Waals surface area contributed by atoms with Crippen molar-refractivity contribution >= 4 is 23.3 Å². The first-order valence-electron chi connectivity index (χ1n) is 7.39. The van der Waals surface area contributed by atoms with Crippen molar-refractivity contribution in [1.29, 1.82) is 0 Å². The van der Waals surface area contributed by atoms with E-state index < -0.39 is 5.54 Å². The smallest absolute Gasteiger partial charge is 0.331 e. The third-order valence-corrected chi connectivity index (χ3v) is 4.53. The van der Waals surface area contributed by atoms with Crippen molar-refractivity contribution in [2.45, 2.75) is 45.6 Å². The van der Waals surface area contributed by atoms with Gasteiger partial charge in [-0.3, -0.25) is 0 Å². The van der Waals surface area contributed by atoms with E-state index in [-0.39, 0.29) is 11.4 Å². The van der Waals surface area contributed by atoms with Crippen molar-refractivity contribution < 1.29 is 9.53 Å². The molecule has 0 amide bonds. The molecule has 1 saturated carbocycles. The molecular weight excluding hydrogens is 286 g/mol. The Morgan fingerprint density at radius 1 is 1.33 bits per heavy atom. The molecule has 0 saturated heterocycles. The predicted molar refractivity (Wildman–Crippen MR) is 86.6 cm³/mol. The van der Waals surface area contributed by atoms with Crippen LogP contribution in [0.4, 0.5) is 5.69 Å². The van der Waals surface area contributed by atoms with Crippen LogP contribution in [0.15, 0.2) is 24.3 Å². The molecule has 2 atom stereocenters. The summed E-state index contributed by atoms with van der Waals surface area (Å²) < 4.78 is 5.10. The Balaban J connectivity index is 2.38. The highest BCUT2D eigenvalue weighted by molar-refractivity contribution is 6.33. The maximum absolute atomic E-state index is 12.5. The van der Waals surface area contributed by atoms with Crippen molar-refractivity contribution in [1.82, 2.24) is 0 Å². The largest absolute Gasteiger partial charge is 0.467 e. The first-order valence-corrected chi connectivity index (χ1v) is 7.77. The summed E-state index contributed by atoms with van der Waals surface area (Å²) in [5.41, 5.74) is 0.163. The molecular formula is C17H24ClNO2. The van der Waals surface area contributed by atoms with Crippen LogP contribution in [0.2, 0.25) is 5.02 Å². The SMILES string of the molecule is COC(=O)C1(Nc2ccccc2Cl)CC(C)CC(C)(C)C1. The number of rotatable bonds is 3. The Kier molecular flexibility index (Phi) is 4.52. The number of esters is 1. The fourth-order valence-corrected chi connectivity index (χ4v) is 4.07. The van der Waals surface area contributed by atoms with Gasteiger partial charge in [-0.05, 0) is 42.7 Å². The minimum Gasteiger partial charge on any atom is -0.467 e. The van der Waals surface area contributed by atoms with Crippen LogP contribution in [0.25, 0.3) is 0 Å². The topological polar surface area (TPSA) is 38.3 Å². The summed E-state index contributed by atoms with van der Waals surface area (Å²) in [6, 6.07) is 7.52. The molecule has 0 bridgehead atoms. The van der Waals surface area contributed by atoms with Crippen LogP contribution in [-0.4, -0.2) is 18.6 Å². The van der Waals surface area contributed by atoms with Crippen molar-refractivity contribution in [3.8, 4) is 0 Å². The highest BCUT2D eigenvalue weighted by Crippen LogP contribution is 2.46. The summed E-state index contributed by atoms with van der Waals surface area (Å²) in [7, 11) is 1.45. The van der Waals surface area contributed by atoms with Gasteiger partial charge in [0.2, 0.25) is 0 Å². The van der Waals surface area contributed by atoms with Gasteiger partial charge in [-0.1, -0.05) is 44.5 Å². The summed E-state index contributed by atoms with van der Waals surface area (Å²) in [5, 5.41) is 4.01. The van der Waals surface area contributed by atoms with E-state index in [9.17, 15) is 4.79 Å². The van der Waals surface area contributed by atoms with E-state index in [2.05, 4.69) is 26.1 Å². The molecule has 1 aromatic carbocycles. The van der Waals surface area contributed by atoms with Gasteiger partial charge in [0.1, 0.15) is 5.54 Å². The lowest BCUT2D eigenvalue weighted by Gasteiger charge is -2.46. The van der Waals surface area contributed by atoms with Crippen LogP contribution in [0.5, 0.6) is 0 Å². The maximum Gasteiger partial charge on any atom is 0.331 e. The zero-order valence-corrected chi connectivity index (χ0v) is 14.0. The molecule has 1 fully saturated rings. The number of para-hydroxylation sites is 1. The molecule has 1 aliphatic rings. The van der Waals surface area contributed by atoms with Gasteiger partial charge in [0.15, 0.2) is 0 Å². The van der Waals surface area contributed by atoms with E-state index >= 15 is 0 Å². The zero-order chi connectivity index (χ0) is 15.7. The normalized spacial score (nSPS) is 28.0. The van der Waals surface area contributed by atoms with Gasteiger partial charge in [-0.25, -0.2) is 4.79 Å². The Hall–Kier alpha value is -1.22. The lowest BCUT2D eigenvalue weighted by atomic mass is 9.64. The fourth-order valence-electron chi connectivity index (χ4n) is 3.89. The van der Waals surface area contributed by atoms with Crippen LogP contribution in [0.1, 0.15) is 40.0 Å². The molecule has 0 heterocycles. The number of nitrogens with one attached hydrogen (secondary N) is 1. The quantitative estimate of drug-likeness (QED) is 0.835. The molecule has 0 aliphatic heterocycles. The standard InChI is InChI=1S/C17H24ClNO2/c1-12-9-16(2,3)11-17(10-12,15(20)21-4)19-14-8-6-5-7-13(14)18/h5-8,12,19H,9-11H2,1-4H3. The van der Waals surface area contributed by atoms with Crippen LogP contribution in [0.3, 0.4) is 0 Å². The van der Waals surface area contributed by atoms with Gasteiger partial charge in [0.25, 0.3) is 0 Å². The summed E-state index contributed by atoms with van der Waals surface area (Å²) in [6.45, 7) is 6.59. The fraction of sp³-hybridized carbons (Fsp3) is 0.588. The Bertz CT molecular complexity index is 529. The van der Waals surface area contributed by atoms with E-state index in [0.29, 0.717) is 10.9 Å². The van der Waals surface area contributed by atoms with E-state index in [1.165, 1.54) is 7.11 Å². The van der Waals surface area contributed by atoms with Crippen molar-refractivity contribution in [3.05, 3.63) is 29.3 Å². The summed E-state index contributed by atoms with van der Waals surface area (Å²) >= 11 is 6.25. The molecule has 1 N–H and O–H groups in total. The molecule has 0 spiro atoms. The first kappa shape index (κ1) is 16.2. The van der Waals surface area contributed by atoms with Crippen LogP contribution < -0.4 is 5.32 Å². The second-order valence-corrected chi connectivity index (χ2v) is 7.44. The third kappa shape index (κ3) is 3.52. The zero-order valence-electron chi connectivity index (χ0n) is 13.2. The van der Waals surface area contributed by atoms with Gasteiger partial charge in [0, 0.05) is 0 Å². The Morgan fingerprint density at radius 3 is 2.57 bits per heavy atom. The first-order chi connectivity index (χ1) is 9.78. The van der Waals surface area contributed by atoms with Gasteiger partial charge < -0.3 is 10.1 Å². The molecule has 2 unspecified atom stereocenters. The lowest BCUT2D eigenvalue weighted by molar-refractivity contribution is -0.149. The molecule has 4 heteroatoms. The predicted octanol–water partition coefficient (Wildman–Crippen LogP) is 4.51. The van der Waals surface area contributed by atoms with E-state index in [1.54, 1.807) is 0 Å². The number of hydrogen-bond acceptors (Lipinski definition) is 3. The van der Waals surface area contributed by atoms with Crippen LogP contribution in [0, 0.1) is 11.3 Å². The lowest BCUT2D eigenvalue weighted by Crippen LogP contribution is -2.54. The molecule has 2 rings (SSSR count).